The summed E-state index contributed by atoms with van der Waals surface area (Å²) in [5.41, 5.74) is 5.62. The highest BCUT2D eigenvalue weighted by Gasteiger charge is 2.23. The Balaban J connectivity index is 1.29. The Morgan fingerprint density at radius 2 is 1.79 bits per heavy atom. The van der Waals surface area contributed by atoms with Gasteiger partial charge in [-0.2, -0.15) is 0 Å². The van der Waals surface area contributed by atoms with Crippen molar-refractivity contribution in [1.29, 1.82) is 0 Å². The number of fused-ring (bicyclic) bond motifs is 1. The molecule has 0 aromatic heterocycles. The van der Waals surface area contributed by atoms with Crippen molar-refractivity contribution in [2.75, 3.05) is 58.3 Å². The standard InChI is InChI=1S/C28H35N3O3/c1-21(32)23-6-8-25(9-7-23)31-17-15-30(16-18-31)14-12-27-26-10-4-22(5-11-28(33)29(2)3)20-24(26)13-19-34-27/h4-11,20,27H,12-19H2,1-3H3. The number of carbonyl (C=O) groups excluding carboxylic acids is 2. The normalized spacial score (nSPS) is 18.7. The van der Waals surface area contributed by atoms with Crippen LogP contribution in [0.5, 0.6) is 0 Å². The second kappa shape index (κ2) is 11.0. The summed E-state index contributed by atoms with van der Waals surface area (Å²) in [6.45, 7) is 7.39. The maximum atomic E-state index is 11.8. The molecule has 0 radical (unpaired) electrons. The fraction of sp³-hybridized carbons (Fsp3) is 0.429. The Labute approximate surface area is 202 Å². The molecule has 4 rings (SSSR count). The number of ketones is 1. The van der Waals surface area contributed by atoms with E-state index in [1.807, 2.05) is 18.2 Å². The summed E-state index contributed by atoms with van der Waals surface area (Å²) in [5.74, 6) is 0.0992. The summed E-state index contributed by atoms with van der Waals surface area (Å²) in [7, 11) is 3.52. The smallest absolute Gasteiger partial charge is 0.246 e. The Kier molecular flexibility index (Phi) is 7.80. The quantitative estimate of drug-likeness (QED) is 0.464. The number of piperazine rings is 1. The van der Waals surface area contributed by atoms with Gasteiger partial charge < -0.3 is 14.5 Å². The van der Waals surface area contributed by atoms with Gasteiger partial charge in [0.2, 0.25) is 5.91 Å². The summed E-state index contributed by atoms with van der Waals surface area (Å²) < 4.78 is 6.14. The third kappa shape index (κ3) is 5.93. The Morgan fingerprint density at radius 3 is 2.47 bits per heavy atom. The lowest BCUT2D eigenvalue weighted by Crippen LogP contribution is -2.47. The summed E-state index contributed by atoms with van der Waals surface area (Å²) in [5, 5.41) is 0. The van der Waals surface area contributed by atoms with E-state index >= 15 is 0 Å². The van der Waals surface area contributed by atoms with Crippen molar-refractivity contribution in [2.45, 2.75) is 25.9 Å². The van der Waals surface area contributed by atoms with E-state index in [2.05, 4.69) is 40.1 Å². The van der Waals surface area contributed by atoms with Gasteiger partial charge in [-0.15, -0.1) is 0 Å². The molecule has 0 N–H and O–H groups in total. The molecular weight excluding hydrogens is 426 g/mol. The summed E-state index contributed by atoms with van der Waals surface area (Å²) in [6.07, 6.45) is 5.53. The Morgan fingerprint density at radius 1 is 1.06 bits per heavy atom. The number of hydrogen-bond donors (Lipinski definition) is 0. The van der Waals surface area contributed by atoms with Crippen LogP contribution in [0.25, 0.3) is 6.08 Å². The molecule has 2 aromatic rings. The van der Waals surface area contributed by atoms with Crippen molar-refractivity contribution < 1.29 is 14.3 Å². The van der Waals surface area contributed by atoms with E-state index in [0.717, 1.165) is 63.3 Å². The van der Waals surface area contributed by atoms with Crippen LogP contribution in [0, 0.1) is 0 Å². The molecule has 0 aliphatic carbocycles. The topological polar surface area (TPSA) is 53.1 Å². The lowest BCUT2D eigenvalue weighted by atomic mass is 9.93. The third-order valence-electron chi connectivity index (χ3n) is 6.78. The number of ether oxygens (including phenoxy) is 1. The number of carbonyl (C=O) groups is 2. The van der Waals surface area contributed by atoms with Gasteiger partial charge in [-0.05, 0) is 66.8 Å². The van der Waals surface area contributed by atoms with E-state index < -0.39 is 0 Å². The van der Waals surface area contributed by atoms with E-state index in [0.29, 0.717) is 0 Å². The number of anilines is 1. The number of hydrogen-bond acceptors (Lipinski definition) is 5. The monoisotopic (exact) mass is 461 g/mol. The molecule has 0 spiro atoms. The molecule has 0 saturated carbocycles. The lowest BCUT2D eigenvalue weighted by Gasteiger charge is -2.37. The minimum atomic E-state index is -0.00731. The number of likely N-dealkylation sites (N-methyl/N-ethyl adjacent to an activating group) is 1. The van der Waals surface area contributed by atoms with Gasteiger partial charge in [0.15, 0.2) is 5.78 Å². The van der Waals surface area contributed by atoms with Gasteiger partial charge in [0.25, 0.3) is 0 Å². The largest absolute Gasteiger partial charge is 0.373 e. The average molecular weight is 462 g/mol. The maximum Gasteiger partial charge on any atom is 0.246 e. The van der Waals surface area contributed by atoms with E-state index in [-0.39, 0.29) is 17.8 Å². The summed E-state index contributed by atoms with van der Waals surface area (Å²) in [6, 6.07) is 14.4. The van der Waals surface area contributed by atoms with Crippen LogP contribution in [0.2, 0.25) is 0 Å². The molecule has 34 heavy (non-hydrogen) atoms. The Bertz CT molecular complexity index is 1040. The molecule has 0 bridgehead atoms. The molecule has 6 nitrogen and oxygen atoms in total. The first-order chi connectivity index (χ1) is 16.4. The van der Waals surface area contributed by atoms with Gasteiger partial charge in [-0.3, -0.25) is 14.5 Å². The number of benzene rings is 2. The first kappa shape index (κ1) is 24.2. The Hall–Kier alpha value is -2.96. The summed E-state index contributed by atoms with van der Waals surface area (Å²) in [4.78, 5) is 29.8. The van der Waals surface area contributed by atoms with E-state index in [9.17, 15) is 9.59 Å². The van der Waals surface area contributed by atoms with Crippen LogP contribution >= 0.6 is 0 Å². The molecule has 2 aromatic carbocycles. The van der Waals surface area contributed by atoms with Gasteiger partial charge in [-0.25, -0.2) is 0 Å². The number of Topliss-reactive ketones (excluding diaryl/α,β-unsaturated/α-hetero) is 1. The van der Waals surface area contributed by atoms with Crippen molar-refractivity contribution in [2.24, 2.45) is 0 Å². The third-order valence-corrected chi connectivity index (χ3v) is 6.78. The van der Waals surface area contributed by atoms with E-state index in [4.69, 9.17) is 4.74 Å². The van der Waals surface area contributed by atoms with Gasteiger partial charge >= 0.3 is 0 Å². The number of nitrogens with zero attached hydrogens (tertiary/aromatic N) is 3. The van der Waals surface area contributed by atoms with Crippen LogP contribution in [-0.2, 0) is 16.0 Å². The molecule has 1 atom stereocenters. The van der Waals surface area contributed by atoms with Crippen molar-refractivity contribution in [3.63, 3.8) is 0 Å². The molecule has 1 saturated heterocycles. The van der Waals surface area contributed by atoms with Crippen LogP contribution in [0.4, 0.5) is 5.69 Å². The van der Waals surface area contributed by atoms with Gasteiger partial charge in [0.1, 0.15) is 0 Å². The molecule has 1 unspecified atom stereocenters. The van der Waals surface area contributed by atoms with Crippen LogP contribution in [-0.4, -0.2) is 74.9 Å². The highest BCUT2D eigenvalue weighted by molar-refractivity contribution is 5.94. The molecule has 6 heteroatoms. The second-order valence-electron chi connectivity index (χ2n) is 9.35. The zero-order valence-corrected chi connectivity index (χ0v) is 20.5. The van der Waals surface area contributed by atoms with Crippen LogP contribution in [0.1, 0.15) is 46.5 Å². The molecule has 2 aliphatic rings. The lowest BCUT2D eigenvalue weighted by molar-refractivity contribution is -0.123. The zero-order valence-electron chi connectivity index (χ0n) is 20.5. The van der Waals surface area contributed by atoms with Crippen molar-refractivity contribution in [1.82, 2.24) is 9.80 Å². The van der Waals surface area contributed by atoms with Crippen molar-refractivity contribution in [3.05, 3.63) is 70.8 Å². The SMILES string of the molecule is CC(=O)c1ccc(N2CCN(CCC3OCCc4cc(C=CC(=O)N(C)C)ccc43)CC2)cc1. The molecule has 2 heterocycles. The minimum absolute atomic E-state index is 0.00731. The van der Waals surface area contributed by atoms with Crippen molar-refractivity contribution in [3.8, 4) is 0 Å². The van der Waals surface area contributed by atoms with Gasteiger partial charge in [0, 0.05) is 64.1 Å². The predicted octanol–water partition coefficient (Wildman–Crippen LogP) is 3.82. The fourth-order valence-electron chi connectivity index (χ4n) is 4.65. The highest BCUT2D eigenvalue weighted by atomic mass is 16.5. The zero-order chi connectivity index (χ0) is 24.1. The fourth-order valence-corrected chi connectivity index (χ4v) is 4.65. The van der Waals surface area contributed by atoms with Gasteiger partial charge in [-0.1, -0.05) is 18.2 Å². The molecule has 180 valence electrons. The number of amides is 1. The summed E-state index contributed by atoms with van der Waals surface area (Å²) >= 11 is 0. The average Bonchev–Trinajstić information content (AvgIpc) is 2.86. The van der Waals surface area contributed by atoms with Crippen LogP contribution < -0.4 is 4.90 Å². The predicted molar refractivity (Wildman–Crippen MR) is 136 cm³/mol. The van der Waals surface area contributed by atoms with Crippen molar-refractivity contribution >= 4 is 23.5 Å². The van der Waals surface area contributed by atoms with Crippen LogP contribution in [0.3, 0.4) is 0 Å². The minimum Gasteiger partial charge on any atom is -0.373 e. The first-order valence-corrected chi connectivity index (χ1v) is 12.1. The van der Waals surface area contributed by atoms with E-state index in [1.54, 1.807) is 32.0 Å². The number of rotatable bonds is 7. The molecule has 1 fully saturated rings. The van der Waals surface area contributed by atoms with Gasteiger partial charge in [0.05, 0.1) is 12.7 Å². The molecule has 2 aliphatic heterocycles. The molecular formula is C28H35N3O3. The van der Waals surface area contributed by atoms with E-state index in [1.165, 1.54) is 16.8 Å². The highest BCUT2D eigenvalue weighted by Crippen LogP contribution is 2.31. The maximum absolute atomic E-state index is 11.8. The molecule has 1 amide bonds. The first-order valence-electron chi connectivity index (χ1n) is 12.1. The second-order valence-corrected chi connectivity index (χ2v) is 9.35. The van der Waals surface area contributed by atoms with Crippen LogP contribution in [0.15, 0.2) is 48.5 Å².